The molecule has 4 nitrogen and oxygen atoms in total. The fraction of sp³-hybridized carbons (Fsp3) is 0.500. The average Bonchev–Trinajstić information content (AvgIpc) is 1.93. The fourth-order valence-corrected chi connectivity index (χ4v) is 0.663. The molecule has 14 heavy (non-hydrogen) atoms. The number of rotatable bonds is 4. The van der Waals surface area contributed by atoms with E-state index in [9.17, 15) is 13.2 Å². The zero-order valence-corrected chi connectivity index (χ0v) is 7.39. The minimum Gasteiger partial charge on any atom is -0.376 e. The topological polar surface area (TPSA) is 76.3 Å². The molecule has 0 rings (SSSR count). The summed E-state index contributed by atoms with van der Waals surface area (Å²) >= 11 is 0. The van der Waals surface area contributed by atoms with Crippen molar-refractivity contribution in [2.75, 3.05) is 6.54 Å². The van der Waals surface area contributed by atoms with Crippen molar-refractivity contribution in [3.8, 4) is 0 Å². The number of nitrogens with one attached hydrogen (secondary N) is 2. The molecule has 0 heterocycles. The van der Waals surface area contributed by atoms with E-state index >= 15 is 0 Å². The standard InChI is InChI=1S/C6H10BF3N2O2/c7-6(13,14)4(1-2-11)12-3-5(8,9)10/h1-2,11-14H,3,7H2/b4-1-,11-2?. The maximum absolute atomic E-state index is 11.7. The van der Waals surface area contributed by atoms with Gasteiger partial charge < -0.3 is 20.9 Å². The van der Waals surface area contributed by atoms with E-state index in [0.717, 1.165) is 13.9 Å². The predicted octanol–water partition coefficient (Wildman–Crippen LogP) is -1.06. The highest BCUT2D eigenvalue weighted by Crippen LogP contribution is 2.14. The number of alkyl halides is 3. The Kier molecular flexibility index (Phi) is 4.15. The molecule has 0 radical (unpaired) electrons. The Hall–Kier alpha value is -1.02. The first-order valence-electron chi connectivity index (χ1n) is 3.63. The summed E-state index contributed by atoms with van der Waals surface area (Å²) in [6, 6.07) is 0. The third kappa shape index (κ3) is 5.60. The van der Waals surface area contributed by atoms with Gasteiger partial charge >= 0.3 is 6.18 Å². The van der Waals surface area contributed by atoms with Crippen molar-refractivity contribution in [2.24, 2.45) is 0 Å². The van der Waals surface area contributed by atoms with Crippen molar-refractivity contribution in [1.29, 1.82) is 5.41 Å². The number of halogens is 3. The van der Waals surface area contributed by atoms with Gasteiger partial charge in [0.1, 0.15) is 6.54 Å². The lowest BCUT2D eigenvalue weighted by Crippen LogP contribution is -2.41. The highest BCUT2D eigenvalue weighted by atomic mass is 19.4. The molecule has 0 aliphatic carbocycles. The molecule has 8 heteroatoms. The summed E-state index contributed by atoms with van der Waals surface area (Å²) in [4.78, 5) is 0. The van der Waals surface area contributed by atoms with Crippen molar-refractivity contribution in [3.05, 3.63) is 11.8 Å². The SMILES string of the molecule is BC(O)(O)/C(=C/C=N)NCC(F)(F)F. The minimum atomic E-state index is -4.45. The molecule has 4 N–H and O–H groups in total. The van der Waals surface area contributed by atoms with Crippen LogP contribution in [0.25, 0.3) is 0 Å². The van der Waals surface area contributed by atoms with Gasteiger partial charge in [-0.15, -0.1) is 0 Å². The Morgan fingerprint density at radius 3 is 2.21 bits per heavy atom. The van der Waals surface area contributed by atoms with E-state index in [0.29, 0.717) is 6.21 Å². The van der Waals surface area contributed by atoms with E-state index in [1.165, 1.54) is 0 Å². The Balaban J connectivity index is 4.43. The second kappa shape index (κ2) is 4.47. The molecule has 0 aromatic carbocycles. The monoisotopic (exact) mass is 210 g/mol. The summed E-state index contributed by atoms with van der Waals surface area (Å²) in [6.07, 6.45) is -2.96. The number of hydrogen-bond acceptors (Lipinski definition) is 4. The zero-order valence-electron chi connectivity index (χ0n) is 7.39. The molecule has 0 saturated carbocycles. The van der Waals surface area contributed by atoms with E-state index < -0.39 is 24.1 Å². The van der Waals surface area contributed by atoms with E-state index in [1.807, 2.05) is 0 Å². The Morgan fingerprint density at radius 1 is 1.43 bits per heavy atom. The molecule has 80 valence electrons. The highest BCUT2D eigenvalue weighted by molar-refractivity contribution is 6.15. The summed E-state index contributed by atoms with van der Waals surface area (Å²) in [5, 5.41) is 26.3. The van der Waals surface area contributed by atoms with E-state index in [1.54, 1.807) is 5.32 Å². The largest absolute Gasteiger partial charge is 0.405 e. The van der Waals surface area contributed by atoms with Crippen LogP contribution in [0.2, 0.25) is 0 Å². The third-order valence-electron chi connectivity index (χ3n) is 1.24. The van der Waals surface area contributed by atoms with Crippen LogP contribution in [0.4, 0.5) is 13.2 Å². The lowest BCUT2D eigenvalue weighted by molar-refractivity contribution is -0.126. The molecule has 0 spiro atoms. The minimum absolute atomic E-state index is 0.482. The summed E-state index contributed by atoms with van der Waals surface area (Å²) in [5.74, 6) is 0. The van der Waals surface area contributed by atoms with Crippen LogP contribution in [0.5, 0.6) is 0 Å². The maximum Gasteiger partial charge on any atom is 0.405 e. The van der Waals surface area contributed by atoms with Crippen LogP contribution >= 0.6 is 0 Å². The van der Waals surface area contributed by atoms with Crippen molar-refractivity contribution in [2.45, 2.75) is 11.9 Å². The molecular formula is C6H10BF3N2O2. The lowest BCUT2D eigenvalue weighted by atomic mass is 9.91. The first-order chi connectivity index (χ1) is 6.17. The molecule has 0 aromatic heterocycles. The average molecular weight is 210 g/mol. The Bertz CT molecular complexity index is 234. The van der Waals surface area contributed by atoms with Gasteiger partial charge in [0.05, 0.1) is 5.70 Å². The van der Waals surface area contributed by atoms with Gasteiger partial charge in [-0.25, -0.2) is 0 Å². The summed E-state index contributed by atoms with van der Waals surface area (Å²) in [6.45, 7) is -1.39. The van der Waals surface area contributed by atoms with E-state index in [4.69, 9.17) is 15.6 Å². The maximum atomic E-state index is 11.7. The van der Waals surface area contributed by atoms with Crippen molar-refractivity contribution < 1.29 is 23.4 Å². The zero-order chi connectivity index (χ0) is 11.4. The van der Waals surface area contributed by atoms with Gasteiger partial charge in [-0.05, 0) is 6.08 Å². The smallest absolute Gasteiger partial charge is 0.376 e. The van der Waals surface area contributed by atoms with Gasteiger partial charge in [0, 0.05) is 6.21 Å². The van der Waals surface area contributed by atoms with Gasteiger partial charge in [0.2, 0.25) is 0 Å². The molecule has 0 saturated heterocycles. The van der Waals surface area contributed by atoms with E-state index in [2.05, 4.69) is 0 Å². The van der Waals surface area contributed by atoms with Gasteiger partial charge in [0.15, 0.2) is 13.5 Å². The lowest BCUT2D eigenvalue weighted by Gasteiger charge is -2.22. The van der Waals surface area contributed by atoms with Gasteiger partial charge in [-0.2, -0.15) is 13.2 Å². The first-order valence-corrected chi connectivity index (χ1v) is 3.63. The molecule has 0 aromatic rings. The number of aliphatic hydroxyl groups is 2. The normalized spacial score (nSPS) is 13.9. The van der Waals surface area contributed by atoms with Crippen molar-refractivity contribution in [1.82, 2.24) is 5.32 Å². The summed E-state index contributed by atoms with van der Waals surface area (Å²) in [7, 11) is 0.895. The van der Waals surface area contributed by atoms with Crippen LogP contribution in [0.3, 0.4) is 0 Å². The first kappa shape index (κ1) is 13.0. The van der Waals surface area contributed by atoms with Crippen LogP contribution in [0.15, 0.2) is 11.8 Å². The second-order valence-corrected chi connectivity index (χ2v) is 2.74. The van der Waals surface area contributed by atoms with Crippen molar-refractivity contribution >= 4 is 14.1 Å². The molecule has 0 unspecified atom stereocenters. The number of allylic oxidation sites excluding steroid dienone is 1. The highest BCUT2D eigenvalue weighted by Gasteiger charge is 2.30. The van der Waals surface area contributed by atoms with Gasteiger partial charge in [-0.1, -0.05) is 0 Å². The quantitative estimate of drug-likeness (QED) is 0.271. The Morgan fingerprint density at radius 2 is 1.93 bits per heavy atom. The molecule has 0 fully saturated rings. The predicted molar refractivity (Wildman–Crippen MR) is 46.6 cm³/mol. The molecule has 0 aliphatic rings. The molecule has 0 aliphatic heterocycles. The molecule has 0 bridgehead atoms. The van der Waals surface area contributed by atoms with Crippen LogP contribution in [0, 0.1) is 5.41 Å². The second-order valence-electron chi connectivity index (χ2n) is 2.74. The summed E-state index contributed by atoms with van der Waals surface area (Å²) < 4.78 is 35.2. The van der Waals surface area contributed by atoms with Crippen LogP contribution in [-0.2, 0) is 0 Å². The molecule has 0 atom stereocenters. The molecular weight excluding hydrogens is 200 g/mol. The van der Waals surface area contributed by atoms with Crippen molar-refractivity contribution in [3.63, 3.8) is 0 Å². The Labute approximate surface area is 79.3 Å². The van der Waals surface area contributed by atoms with Gasteiger partial charge in [0.25, 0.3) is 0 Å². The van der Waals surface area contributed by atoms with Gasteiger partial charge in [-0.3, -0.25) is 0 Å². The third-order valence-corrected chi connectivity index (χ3v) is 1.24. The van der Waals surface area contributed by atoms with Crippen LogP contribution < -0.4 is 5.32 Å². The molecule has 0 amide bonds. The summed E-state index contributed by atoms with van der Waals surface area (Å²) in [5.41, 5.74) is -2.90. The van der Waals surface area contributed by atoms with Crippen LogP contribution in [-0.4, -0.2) is 42.7 Å². The van der Waals surface area contributed by atoms with E-state index in [-0.39, 0.29) is 0 Å². The number of hydrogen-bond donors (Lipinski definition) is 4. The van der Waals surface area contributed by atoms with Crippen LogP contribution in [0.1, 0.15) is 0 Å². The fourth-order valence-electron chi connectivity index (χ4n) is 0.663.